The molecule has 1 fully saturated rings. The first-order chi connectivity index (χ1) is 8.56. The molecule has 106 valence electrons. The van der Waals surface area contributed by atoms with Crippen LogP contribution in [0.3, 0.4) is 0 Å². The number of amides is 1. The van der Waals surface area contributed by atoms with E-state index in [0.717, 1.165) is 25.7 Å². The monoisotopic (exact) mass is 322 g/mol. The minimum atomic E-state index is -0.264. The van der Waals surface area contributed by atoms with Crippen molar-refractivity contribution in [1.82, 2.24) is 5.32 Å². The highest BCUT2D eigenvalue weighted by Gasteiger charge is 2.34. The lowest BCUT2D eigenvalue weighted by Crippen LogP contribution is -2.51. The number of halogens is 3. The van der Waals surface area contributed by atoms with Gasteiger partial charge in [-0.3, -0.25) is 4.79 Å². The number of nitrogens with two attached hydrogens (primary N) is 1. The highest BCUT2D eigenvalue weighted by molar-refractivity contribution is 6.36. The molecule has 19 heavy (non-hydrogen) atoms. The highest BCUT2D eigenvalue weighted by atomic mass is 35.5. The molecule has 0 saturated heterocycles. The van der Waals surface area contributed by atoms with Gasteiger partial charge in [-0.15, -0.1) is 12.4 Å². The first-order valence-corrected chi connectivity index (χ1v) is 6.79. The Kier molecular flexibility index (Phi) is 5.93. The molecule has 0 spiro atoms. The highest BCUT2D eigenvalue weighted by Crippen LogP contribution is 2.29. The summed E-state index contributed by atoms with van der Waals surface area (Å²) in [6, 6.07) is 4.87. The fraction of sp³-hybridized carbons (Fsp3) is 0.462. The van der Waals surface area contributed by atoms with Crippen molar-refractivity contribution in [2.45, 2.75) is 31.2 Å². The molecule has 3 nitrogen and oxygen atoms in total. The number of rotatable bonds is 3. The Morgan fingerprint density at radius 3 is 2.47 bits per heavy atom. The summed E-state index contributed by atoms with van der Waals surface area (Å²) in [5, 5.41) is 3.91. The van der Waals surface area contributed by atoms with Crippen LogP contribution in [0, 0.1) is 0 Å². The van der Waals surface area contributed by atoms with Gasteiger partial charge < -0.3 is 11.1 Å². The van der Waals surface area contributed by atoms with Crippen LogP contribution in [0.2, 0.25) is 10.0 Å². The van der Waals surface area contributed by atoms with Crippen molar-refractivity contribution in [3.63, 3.8) is 0 Å². The second-order valence-electron chi connectivity index (χ2n) is 4.77. The Hall–Kier alpha value is -0.480. The summed E-state index contributed by atoms with van der Waals surface area (Å²) in [5.41, 5.74) is 5.97. The maximum atomic E-state index is 12.2. The molecule has 1 aromatic rings. The van der Waals surface area contributed by atoms with Gasteiger partial charge in [0.2, 0.25) is 0 Å². The van der Waals surface area contributed by atoms with Gasteiger partial charge in [0.05, 0.1) is 16.1 Å². The Balaban J connectivity index is 0.00000180. The molecular formula is C13H17Cl3N2O. The summed E-state index contributed by atoms with van der Waals surface area (Å²) >= 11 is 11.8. The number of hydrogen-bond acceptors (Lipinski definition) is 2. The zero-order chi connectivity index (χ0) is 13.2. The van der Waals surface area contributed by atoms with E-state index in [4.69, 9.17) is 28.9 Å². The molecule has 1 aliphatic rings. The van der Waals surface area contributed by atoms with Crippen LogP contribution in [0.25, 0.3) is 0 Å². The lowest BCUT2D eigenvalue weighted by Gasteiger charge is -2.28. The number of benzene rings is 1. The Bertz CT molecular complexity index is 459. The molecule has 2 rings (SSSR count). The molecule has 1 aromatic carbocycles. The quantitative estimate of drug-likeness (QED) is 0.895. The molecule has 0 aliphatic heterocycles. The fourth-order valence-electron chi connectivity index (χ4n) is 2.41. The smallest absolute Gasteiger partial charge is 0.253 e. The van der Waals surface area contributed by atoms with E-state index >= 15 is 0 Å². The molecule has 0 atom stereocenters. The third kappa shape index (κ3) is 3.76. The van der Waals surface area contributed by atoms with E-state index in [1.807, 2.05) is 0 Å². The summed E-state index contributed by atoms with van der Waals surface area (Å²) < 4.78 is 0. The van der Waals surface area contributed by atoms with E-state index in [1.54, 1.807) is 18.2 Å². The first kappa shape index (κ1) is 16.6. The fourth-order valence-corrected chi connectivity index (χ4v) is 2.91. The van der Waals surface area contributed by atoms with Crippen LogP contribution in [0.5, 0.6) is 0 Å². The Morgan fingerprint density at radius 1 is 1.32 bits per heavy atom. The van der Waals surface area contributed by atoms with Gasteiger partial charge in [-0.05, 0) is 31.0 Å². The van der Waals surface area contributed by atoms with Crippen molar-refractivity contribution in [3.05, 3.63) is 33.8 Å². The number of carbonyl (C=O) groups excluding carboxylic acids is 1. The molecule has 3 N–H and O–H groups in total. The standard InChI is InChI=1S/C13H16Cl2N2O.ClH/c14-9-3-4-10(11(15)7-9)12(18)17-13(8-16)5-1-2-6-13;/h3-4,7H,1-2,5-6,8,16H2,(H,17,18);1H. The van der Waals surface area contributed by atoms with E-state index in [9.17, 15) is 4.79 Å². The molecule has 0 heterocycles. The molecule has 0 radical (unpaired) electrons. The largest absolute Gasteiger partial charge is 0.345 e. The molecular weight excluding hydrogens is 307 g/mol. The van der Waals surface area contributed by atoms with E-state index < -0.39 is 0 Å². The van der Waals surface area contributed by atoms with E-state index in [1.165, 1.54) is 0 Å². The summed E-state index contributed by atoms with van der Waals surface area (Å²) in [7, 11) is 0. The van der Waals surface area contributed by atoms with Gasteiger partial charge in [-0.1, -0.05) is 36.0 Å². The second-order valence-corrected chi connectivity index (χ2v) is 5.61. The average Bonchev–Trinajstić information content (AvgIpc) is 2.78. The summed E-state index contributed by atoms with van der Waals surface area (Å²) in [6.07, 6.45) is 4.07. The van der Waals surface area contributed by atoms with Crippen LogP contribution < -0.4 is 11.1 Å². The van der Waals surface area contributed by atoms with E-state index in [2.05, 4.69) is 5.32 Å². The van der Waals surface area contributed by atoms with Gasteiger partial charge in [0, 0.05) is 11.6 Å². The molecule has 0 unspecified atom stereocenters. The van der Waals surface area contributed by atoms with Crippen LogP contribution >= 0.6 is 35.6 Å². The van der Waals surface area contributed by atoms with Crippen molar-refractivity contribution in [1.29, 1.82) is 0 Å². The van der Waals surface area contributed by atoms with Gasteiger partial charge in [0.15, 0.2) is 0 Å². The predicted octanol–water partition coefficient (Wildman–Crippen LogP) is 3.42. The zero-order valence-corrected chi connectivity index (χ0v) is 12.7. The van der Waals surface area contributed by atoms with E-state index in [-0.39, 0.29) is 23.9 Å². The SMILES string of the molecule is Cl.NCC1(NC(=O)c2ccc(Cl)cc2Cl)CCCC1. The molecule has 1 saturated carbocycles. The van der Waals surface area contributed by atoms with Gasteiger partial charge in [-0.2, -0.15) is 0 Å². The topological polar surface area (TPSA) is 55.1 Å². The maximum Gasteiger partial charge on any atom is 0.253 e. The molecule has 0 bridgehead atoms. The summed E-state index contributed by atoms with van der Waals surface area (Å²) in [6.45, 7) is 0.462. The van der Waals surface area contributed by atoms with Crippen molar-refractivity contribution in [3.8, 4) is 0 Å². The van der Waals surface area contributed by atoms with Crippen LogP contribution in [0.1, 0.15) is 36.0 Å². The minimum absolute atomic E-state index is 0. The van der Waals surface area contributed by atoms with Gasteiger partial charge >= 0.3 is 0 Å². The number of carbonyl (C=O) groups is 1. The lowest BCUT2D eigenvalue weighted by molar-refractivity contribution is 0.0903. The zero-order valence-electron chi connectivity index (χ0n) is 10.4. The normalized spacial score (nSPS) is 16.8. The molecule has 1 amide bonds. The van der Waals surface area contributed by atoms with Crippen molar-refractivity contribution < 1.29 is 4.79 Å². The Labute approximate surface area is 129 Å². The summed E-state index contributed by atoms with van der Waals surface area (Å²) in [5.74, 6) is -0.177. The number of nitrogens with one attached hydrogen (secondary N) is 1. The van der Waals surface area contributed by atoms with Crippen molar-refractivity contribution >= 4 is 41.5 Å². The summed E-state index contributed by atoms with van der Waals surface area (Å²) in [4.78, 5) is 12.2. The van der Waals surface area contributed by atoms with Crippen LogP contribution in [-0.4, -0.2) is 18.0 Å². The van der Waals surface area contributed by atoms with Crippen molar-refractivity contribution in [2.24, 2.45) is 5.73 Å². The predicted molar refractivity (Wildman–Crippen MR) is 81.4 cm³/mol. The van der Waals surface area contributed by atoms with Crippen LogP contribution in [0.15, 0.2) is 18.2 Å². The second kappa shape index (κ2) is 6.80. The molecule has 0 aromatic heterocycles. The molecule has 1 aliphatic carbocycles. The average molecular weight is 324 g/mol. The molecule has 6 heteroatoms. The lowest BCUT2D eigenvalue weighted by atomic mass is 9.97. The van der Waals surface area contributed by atoms with Gasteiger partial charge in [0.1, 0.15) is 0 Å². The van der Waals surface area contributed by atoms with Crippen molar-refractivity contribution in [2.75, 3.05) is 6.54 Å². The van der Waals surface area contributed by atoms with Crippen LogP contribution in [-0.2, 0) is 0 Å². The van der Waals surface area contributed by atoms with E-state index in [0.29, 0.717) is 22.2 Å². The first-order valence-electron chi connectivity index (χ1n) is 6.04. The minimum Gasteiger partial charge on any atom is -0.345 e. The maximum absolute atomic E-state index is 12.2. The Morgan fingerprint density at radius 2 is 1.95 bits per heavy atom. The third-order valence-corrected chi connectivity index (χ3v) is 4.05. The van der Waals surface area contributed by atoms with Gasteiger partial charge in [-0.25, -0.2) is 0 Å². The number of hydrogen-bond donors (Lipinski definition) is 2. The third-order valence-electron chi connectivity index (χ3n) is 3.51. The van der Waals surface area contributed by atoms with Crippen LogP contribution in [0.4, 0.5) is 0 Å². The van der Waals surface area contributed by atoms with Gasteiger partial charge in [0.25, 0.3) is 5.91 Å².